The average molecular weight is 1030 g/mol. The second kappa shape index (κ2) is 32.0. The summed E-state index contributed by atoms with van der Waals surface area (Å²) in [6, 6.07) is 0. The molecule has 48 heteroatoms. The molecule has 0 saturated carbocycles. The smallest absolute Gasteiger partial charge is 0.809 e. The molecular formula is C6H60FeN15O24P8. The molecule has 0 aromatic carbocycles. The Hall–Kier alpha value is 1.12. The zero-order valence-electron chi connectivity index (χ0n) is 31.3. The van der Waals surface area contributed by atoms with Gasteiger partial charge in [-0.3, -0.25) is 9.80 Å². The van der Waals surface area contributed by atoms with E-state index in [9.17, 15) is 115 Å². The third kappa shape index (κ3) is 29.3. The molecule has 0 aromatic heterocycles. The maximum absolute atomic E-state index is 11.4. The molecule has 1 radical (unpaired) electrons. The first-order chi connectivity index (χ1) is 17.0. The summed E-state index contributed by atoms with van der Waals surface area (Å²) in [6.45, 7) is -5.62. The van der Waals surface area contributed by atoms with Crippen molar-refractivity contribution in [3.8, 4) is 0 Å². The van der Waals surface area contributed by atoms with Gasteiger partial charge in [0, 0.05) is 13.1 Å². The Morgan fingerprint density at radius 2 is 0.333 bits per heavy atom. The van der Waals surface area contributed by atoms with Crippen molar-refractivity contribution in [1.29, 1.82) is 0 Å². The molecule has 0 fully saturated rings. The second-order valence-corrected chi connectivity index (χ2v) is 21.4. The molecule has 0 heterocycles. The van der Waals surface area contributed by atoms with E-state index in [-0.39, 0.29) is 97.0 Å². The van der Waals surface area contributed by atoms with E-state index in [0.29, 0.717) is 0 Å². The Balaban J connectivity index is -0.0000000836. The van der Waals surface area contributed by atoms with Crippen molar-refractivity contribution < 1.29 is 132 Å². The first kappa shape index (κ1) is 100. The summed E-state index contributed by atoms with van der Waals surface area (Å²) >= 11 is 0. The SMILES string of the molecule is O=P([O-])([O-])C(N(CCN(C(P(=O)([O-])[O-])P(=O)([O-])[O-])C(P(=O)([O-])[O-])P(=O)([O-])[O-])C(P(=O)([O-])[O-])P(=O)([O-])[O-])P(=O)([O-])[O-].[Fe+3].[NH4+].[NH4+].[NH4+].[NH4+].[NH4+].[NH4+].[NH4+].[NH4+].[NH4+].[NH4+].[NH4+].[NH4+].[NH4+]. The van der Waals surface area contributed by atoms with Crippen LogP contribution in [0.2, 0.25) is 0 Å². The van der Waals surface area contributed by atoms with Crippen molar-refractivity contribution in [3.63, 3.8) is 0 Å². The Morgan fingerprint density at radius 1 is 0.259 bits per heavy atom. The molecular weight excluding hydrogens is 970 g/mol. The van der Waals surface area contributed by atoms with Gasteiger partial charge in [0.05, 0.1) is 22.1 Å². The van der Waals surface area contributed by atoms with Crippen LogP contribution in [0.3, 0.4) is 0 Å². The van der Waals surface area contributed by atoms with E-state index in [0.717, 1.165) is 0 Å². The van der Waals surface area contributed by atoms with Crippen LogP contribution in [0, 0.1) is 0 Å². The van der Waals surface area contributed by atoms with Gasteiger partial charge in [-0.1, -0.05) is 0 Å². The van der Waals surface area contributed by atoms with Gasteiger partial charge >= 0.3 is 17.1 Å². The molecule has 0 rings (SSSR count). The standard InChI is InChI=1S/C6H24N2O24P8.Fe.13H3N/c9-33(10,11)3(34(12,13)14)7(4(35(15,16)17)36(18,19)20)1-2-8(5(37(21,22)23)38(24,25)26)6(39(27,28)29)40(30,31)32;;;;;;;;;;;;;;/h3-6H,1-2H2,(H2,9,10,11)(H2,12,13,14)(H2,15,16,17)(H2,18,19,20)(H2,21,22,23)(H2,24,25,26)(H2,27,28,29)(H2,30,31,32);;13*1H3/q;+3;;;;;;;;;;;;;/p-3. The fourth-order valence-corrected chi connectivity index (χ4v) is 14.4. The zero-order chi connectivity index (χ0) is 32.9. The molecule has 54 heavy (non-hydrogen) atoms. The van der Waals surface area contributed by atoms with Crippen molar-refractivity contribution in [2.24, 2.45) is 0 Å². The molecule has 52 N–H and O–H groups in total. The molecule has 0 spiro atoms. The number of quaternary nitrogens is 13. The maximum atomic E-state index is 11.4. The van der Waals surface area contributed by atoms with E-state index in [2.05, 4.69) is 0 Å². The van der Waals surface area contributed by atoms with Gasteiger partial charge in [0.25, 0.3) is 0 Å². The normalized spacial score (nSPS) is 11.7. The van der Waals surface area contributed by atoms with E-state index in [1.807, 2.05) is 0 Å². The van der Waals surface area contributed by atoms with Crippen LogP contribution in [0.1, 0.15) is 0 Å². The third-order valence-corrected chi connectivity index (χ3v) is 17.8. The zero-order valence-corrected chi connectivity index (χ0v) is 39.6. The van der Waals surface area contributed by atoms with E-state index < -0.39 is 106 Å². The second-order valence-electron chi connectivity index (χ2n) is 7.18. The van der Waals surface area contributed by atoms with Gasteiger partial charge in [-0.05, 0) is 60.8 Å². The summed E-state index contributed by atoms with van der Waals surface area (Å²) in [6.07, 6.45) is 0. The predicted molar refractivity (Wildman–Crippen MR) is 167 cm³/mol. The minimum atomic E-state index is -7.38. The maximum Gasteiger partial charge on any atom is 3.00 e. The van der Waals surface area contributed by atoms with Crippen LogP contribution < -0.4 is 158 Å². The van der Waals surface area contributed by atoms with Gasteiger partial charge in [-0.25, -0.2) is 0 Å². The monoisotopic (exact) mass is 1030 g/mol. The molecule has 0 aliphatic carbocycles. The molecule has 0 bridgehead atoms. The molecule has 351 valence electrons. The van der Waals surface area contributed by atoms with Crippen LogP contribution in [0.4, 0.5) is 0 Å². The van der Waals surface area contributed by atoms with Crippen molar-refractivity contribution in [1.82, 2.24) is 89.8 Å². The largest absolute Gasteiger partial charge is 3.00 e. The molecule has 0 atom stereocenters. The summed E-state index contributed by atoms with van der Waals surface area (Å²) in [5.74, 6) is 0. The summed E-state index contributed by atoms with van der Waals surface area (Å²) in [5.41, 5.74) is -18.9. The Labute approximate surface area is 317 Å². The fourth-order valence-electron chi connectivity index (χ4n) is 3.08. The van der Waals surface area contributed by atoms with E-state index in [1.165, 1.54) is 0 Å². The van der Waals surface area contributed by atoms with E-state index >= 15 is 0 Å². The van der Waals surface area contributed by atoms with Gasteiger partial charge in [0.15, 0.2) is 0 Å². The summed E-state index contributed by atoms with van der Waals surface area (Å²) in [5, 5.41) is 0. The van der Waals surface area contributed by atoms with Crippen molar-refractivity contribution in [2.75, 3.05) is 13.1 Å². The first-order valence-electron chi connectivity index (χ1n) is 8.61. The molecule has 0 aromatic rings. The molecule has 0 saturated heterocycles. The summed E-state index contributed by atoms with van der Waals surface area (Å²) in [4.78, 5) is 179. The molecule has 0 aliphatic rings. The fraction of sp³-hybridized carbons (Fsp3) is 1.00. The van der Waals surface area contributed by atoms with Gasteiger partial charge in [0.1, 0.15) is 0 Å². The quantitative estimate of drug-likeness (QED) is 0.0535. The van der Waals surface area contributed by atoms with Crippen LogP contribution in [0.25, 0.3) is 0 Å². The number of nitrogens with zero attached hydrogens (tertiary/aromatic N) is 2. The number of hydrogen-bond donors (Lipinski definition) is 13. The van der Waals surface area contributed by atoms with Crippen molar-refractivity contribution in [2.45, 2.75) is 22.1 Å². The molecule has 0 aliphatic heterocycles. The van der Waals surface area contributed by atoms with Crippen LogP contribution in [-0.2, 0) is 53.6 Å². The predicted octanol–water partition coefficient (Wildman–Crippen LogP) is -9.08. The summed E-state index contributed by atoms with van der Waals surface area (Å²) in [7, 11) is -59.0. The number of rotatable bonds is 15. The molecule has 0 amide bonds. The van der Waals surface area contributed by atoms with Crippen LogP contribution in [0.15, 0.2) is 0 Å². The Kier molecular flexibility index (Phi) is 59.4. The van der Waals surface area contributed by atoms with Gasteiger partial charge in [-0.15, -0.1) is 0 Å². The van der Waals surface area contributed by atoms with Gasteiger partial charge in [-0.2, -0.15) is 0 Å². The van der Waals surface area contributed by atoms with Crippen molar-refractivity contribution in [3.05, 3.63) is 0 Å². The minimum Gasteiger partial charge on any atom is -0.809 e. The van der Waals surface area contributed by atoms with Crippen molar-refractivity contribution >= 4 is 60.8 Å². The average Bonchev–Trinajstić information content (AvgIpc) is 2.48. The molecule has 39 nitrogen and oxygen atoms in total. The third-order valence-electron chi connectivity index (χ3n) is 4.07. The minimum absolute atomic E-state index is 0. The topological polar surface area (TPSA) is 986 Å². The first-order valence-corrected chi connectivity index (χ1v) is 21.5. The Morgan fingerprint density at radius 3 is 0.389 bits per heavy atom. The van der Waals surface area contributed by atoms with E-state index in [1.54, 1.807) is 0 Å². The Bertz CT molecular complexity index is 1050. The number of hydrogen-bond acceptors (Lipinski definition) is 26. The van der Waals surface area contributed by atoms with Crippen LogP contribution in [-0.4, -0.2) is 45.0 Å². The van der Waals surface area contributed by atoms with Crippen LogP contribution in [0.5, 0.6) is 0 Å². The molecule has 0 unspecified atom stereocenters. The van der Waals surface area contributed by atoms with Crippen LogP contribution >= 0.6 is 60.8 Å². The van der Waals surface area contributed by atoms with Gasteiger partial charge in [0.2, 0.25) is 0 Å². The van der Waals surface area contributed by atoms with Gasteiger partial charge < -0.3 is 195 Å². The van der Waals surface area contributed by atoms with E-state index in [4.69, 9.17) is 0 Å². The summed E-state index contributed by atoms with van der Waals surface area (Å²) < 4.78 is 91.3.